The van der Waals surface area contributed by atoms with Gasteiger partial charge in [-0.05, 0) is 0 Å². The summed E-state index contributed by atoms with van der Waals surface area (Å²) in [6.45, 7) is 0. The van der Waals surface area contributed by atoms with Gasteiger partial charge in [-0.3, -0.25) is 0 Å². The number of Topliss-reactive ketones (excluding diaryl/α,β-unsaturated/α-hetero) is 1. The van der Waals surface area contributed by atoms with Crippen LogP contribution in [0.5, 0.6) is 5.75 Å². The molecule has 1 heterocycles. The van der Waals surface area contributed by atoms with Crippen LogP contribution in [0.2, 0.25) is 4.13 Å². The van der Waals surface area contributed by atoms with Crippen molar-refractivity contribution in [1.29, 1.82) is 0 Å². The minimum absolute atomic E-state index is 0.140. The van der Waals surface area contributed by atoms with Crippen LogP contribution in [0.15, 0.2) is 18.2 Å². The molecule has 0 amide bonds. The van der Waals surface area contributed by atoms with Gasteiger partial charge in [-0.2, -0.15) is 0 Å². The number of carbonyl (C=O) groups excluding carboxylic acids is 1. The zero-order valence-electron chi connectivity index (χ0n) is 8.00. The summed E-state index contributed by atoms with van der Waals surface area (Å²) >= 11 is 1.44. The van der Waals surface area contributed by atoms with Gasteiger partial charge in [-0.1, -0.05) is 0 Å². The third-order valence-corrected chi connectivity index (χ3v) is 3.48. The molecule has 1 atom stereocenters. The fraction of sp³-hybridized carbons (Fsp3) is 0.364. The Morgan fingerprint density at radius 1 is 1.60 bits per heavy atom. The molecular weight excluding hydrogens is 393 g/mol. The maximum atomic E-state index is 12.9. The number of halogens is 1. The summed E-state index contributed by atoms with van der Waals surface area (Å²) in [4.78, 5) is 11.5. The van der Waals surface area contributed by atoms with Gasteiger partial charge >= 0.3 is 103 Å². The standard InChI is InChI=1S/C11H10AtFO2/c12-6-9(14)11-3-1-7-5-8(13)2-4-10(7)15-11/h2,4-5,11H,1,3,6H2. The monoisotopic (exact) mass is 403 g/mol. The van der Waals surface area contributed by atoms with Crippen LogP contribution in [0, 0.1) is 30.5 Å². The van der Waals surface area contributed by atoms with E-state index in [9.17, 15) is 9.18 Å². The molecule has 0 N–H and O–H groups in total. The molecule has 0 saturated heterocycles. The molecule has 1 aromatic rings. The first kappa shape index (κ1) is 11.0. The molecule has 0 spiro atoms. The SMILES string of the molecule is O=C(C[At])C1CCc2cc(F)ccc2O1. The average molecular weight is 403 g/mol. The molecule has 1 aliphatic rings. The molecule has 1 unspecified atom stereocenters. The van der Waals surface area contributed by atoms with Crippen LogP contribution < -0.4 is 4.74 Å². The quantitative estimate of drug-likeness (QED) is 0.756. The zero-order valence-corrected chi connectivity index (χ0v) is 10.9. The third-order valence-electron chi connectivity index (χ3n) is 2.46. The second-order valence-corrected chi connectivity index (χ2v) is 4.54. The molecule has 2 nitrogen and oxygen atoms in total. The fourth-order valence-corrected chi connectivity index (χ4v) is 2.34. The van der Waals surface area contributed by atoms with Gasteiger partial charge in [0.15, 0.2) is 0 Å². The zero-order chi connectivity index (χ0) is 10.8. The molecule has 2 rings (SSSR count). The van der Waals surface area contributed by atoms with Crippen molar-refractivity contribution >= 4 is 5.78 Å². The number of hydrogen-bond acceptors (Lipinski definition) is 2. The van der Waals surface area contributed by atoms with Crippen molar-refractivity contribution in [3.63, 3.8) is 0 Å². The molecule has 1 aromatic carbocycles. The van der Waals surface area contributed by atoms with E-state index in [1.54, 1.807) is 6.07 Å². The Hall–Kier alpha value is -0.497. The number of ketones is 1. The van der Waals surface area contributed by atoms with Crippen LogP contribution in [0.4, 0.5) is 4.39 Å². The van der Waals surface area contributed by atoms with Crippen molar-refractivity contribution in [3.8, 4) is 5.75 Å². The summed E-state index contributed by atoms with van der Waals surface area (Å²) in [5.41, 5.74) is 0.861. The second kappa shape index (κ2) is 4.57. The number of aryl methyl sites for hydroxylation is 1. The van der Waals surface area contributed by atoms with E-state index in [-0.39, 0.29) is 17.7 Å². The molecule has 15 heavy (non-hydrogen) atoms. The van der Waals surface area contributed by atoms with Gasteiger partial charge in [0.2, 0.25) is 0 Å². The molecule has 0 fully saturated rings. The van der Waals surface area contributed by atoms with Crippen molar-refractivity contribution in [2.45, 2.75) is 23.1 Å². The molecule has 0 aromatic heterocycles. The van der Waals surface area contributed by atoms with Crippen molar-refractivity contribution in [2.75, 3.05) is 0 Å². The molecule has 0 saturated carbocycles. The Morgan fingerprint density at radius 2 is 2.40 bits per heavy atom. The van der Waals surface area contributed by atoms with Gasteiger partial charge in [-0.15, -0.1) is 0 Å². The number of ether oxygens (including phenoxy) is 1. The Bertz CT molecular complexity index is 392. The summed E-state index contributed by atoms with van der Waals surface area (Å²) in [6.07, 6.45) is 1.06. The van der Waals surface area contributed by atoms with Crippen LogP contribution in [-0.2, 0) is 11.2 Å². The van der Waals surface area contributed by atoms with Crippen LogP contribution in [0.1, 0.15) is 12.0 Å². The maximum absolute atomic E-state index is 12.9. The summed E-state index contributed by atoms with van der Waals surface area (Å²) in [7, 11) is 0. The van der Waals surface area contributed by atoms with Crippen LogP contribution in [-0.4, -0.2) is 11.9 Å². The van der Waals surface area contributed by atoms with Gasteiger partial charge in [0.1, 0.15) is 0 Å². The molecule has 4 heteroatoms. The van der Waals surface area contributed by atoms with Crippen LogP contribution in [0.3, 0.4) is 0 Å². The summed E-state index contributed by atoms with van der Waals surface area (Å²) in [5, 5.41) is 0. The predicted octanol–water partition coefficient (Wildman–Crippen LogP) is 2.06. The Balaban J connectivity index is 2.20. The normalized spacial score (nSPS) is 19.2. The van der Waals surface area contributed by atoms with Crippen LogP contribution in [0.25, 0.3) is 0 Å². The number of benzene rings is 1. The first-order valence-electron chi connectivity index (χ1n) is 4.74. The summed E-state index contributed by atoms with van der Waals surface area (Å²) < 4.78 is 19.0. The minimum atomic E-state index is -0.326. The third kappa shape index (κ3) is 2.36. The van der Waals surface area contributed by atoms with E-state index in [1.807, 2.05) is 0 Å². The average Bonchev–Trinajstić information content (AvgIpc) is 2.27. The number of fused-ring (bicyclic) bond motifs is 1. The van der Waals surface area contributed by atoms with Crippen molar-refractivity contribution in [1.82, 2.24) is 0 Å². The molecule has 1 aliphatic heterocycles. The van der Waals surface area contributed by atoms with Crippen molar-refractivity contribution in [3.05, 3.63) is 29.6 Å². The fourth-order valence-electron chi connectivity index (χ4n) is 1.67. The van der Waals surface area contributed by atoms with E-state index in [1.165, 1.54) is 36.9 Å². The molecule has 0 radical (unpaired) electrons. The van der Waals surface area contributed by atoms with E-state index < -0.39 is 0 Å². The second-order valence-electron chi connectivity index (χ2n) is 3.50. The Labute approximate surface area is 103 Å². The predicted molar refractivity (Wildman–Crippen MR) is 49.0 cm³/mol. The molecule has 80 valence electrons. The summed E-state index contributed by atoms with van der Waals surface area (Å²) in [6, 6.07) is 4.44. The number of hydrogen-bond donors (Lipinski definition) is 0. The molecular formula is C11H10AtFO2. The van der Waals surface area contributed by atoms with Crippen molar-refractivity contribution < 1.29 is 38.6 Å². The number of rotatable bonds is 2. The number of carbonyl (C=O) groups is 1. The first-order valence-corrected chi connectivity index (χ1v) is 6.82. The van der Waals surface area contributed by atoms with E-state index in [4.69, 9.17) is 4.74 Å². The topological polar surface area (TPSA) is 26.3 Å². The van der Waals surface area contributed by atoms with Gasteiger partial charge in [0.25, 0.3) is 0 Å². The van der Waals surface area contributed by atoms with E-state index in [0.29, 0.717) is 16.3 Å². The Morgan fingerprint density at radius 3 is 3.13 bits per heavy atom. The Kier molecular flexibility index (Phi) is 3.35. The first-order chi connectivity index (χ1) is 7.20. The molecule has 0 bridgehead atoms. The molecule has 0 aliphatic carbocycles. The van der Waals surface area contributed by atoms with Crippen molar-refractivity contribution in [2.24, 2.45) is 0 Å². The van der Waals surface area contributed by atoms with Gasteiger partial charge in [0, 0.05) is 0 Å². The van der Waals surface area contributed by atoms with E-state index in [2.05, 4.69) is 0 Å². The van der Waals surface area contributed by atoms with Gasteiger partial charge in [-0.25, -0.2) is 0 Å². The van der Waals surface area contributed by atoms with Gasteiger partial charge < -0.3 is 0 Å². The van der Waals surface area contributed by atoms with E-state index >= 15 is 0 Å². The van der Waals surface area contributed by atoms with Crippen LogP contribution >= 0.6 is 0 Å². The van der Waals surface area contributed by atoms with E-state index in [0.717, 1.165) is 12.0 Å². The van der Waals surface area contributed by atoms with Gasteiger partial charge in [0.05, 0.1) is 0 Å². The summed E-state index contributed by atoms with van der Waals surface area (Å²) in [5.74, 6) is 0.545.